The van der Waals surface area contributed by atoms with Crippen LogP contribution in [0.15, 0.2) is 15.9 Å². The third-order valence-corrected chi connectivity index (χ3v) is 4.31. The van der Waals surface area contributed by atoms with Gasteiger partial charge in [0.15, 0.2) is 0 Å². The topological polar surface area (TPSA) is 32.3 Å². The summed E-state index contributed by atoms with van der Waals surface area (Å²) in [5.74, 6) is 0. The number of nitrogens with one attached hydrogen (secondary N) is 1. The zero-order valence-electron chi connectivity index (χ0n) is 7.87. The molecule has 1 aliphatic heterocycles. The Morgan fingerprint density at radius 2 is 2.57 bits per heavy atom. The number of thiophene rings is 1. The van der Waals surface area contributed by atoms with Gasteiger partial charge in [-0.05, 0) is 41.4 Å². The number of rotatable bonds is 3. The van der Waals surface area contributed by atoms with Gasteiger partial charge in [0, 0.05) is 27.2 Å². The molecule has 14 heavy (non-hydrogen) atoms. The van der Waals surface area contributed by atoms with E-state index in [1.807, 2.05) is 0 Å². The molecule has 78 valence electrons. The van der Waals surface area contributed by atoms with E-state index >= 15 is 0 Å². The maximum atomic E-state index is 9.94. The normalized spacial score (nSPS) is 24.0. The average Bonchev–Trinajstić information content (AvgIpc) is 2.75. The molecular formula is C10H14BrNOS. The Morgan fingerprint density at radius 1 is 1.71 bits per heavy atom. The van der Waals surface area contributed by atoms with Crippen LogP contribution in [0.4, 0.5) is 0 Å². The van der Waals surface area contributed by atoms with Crippen molar-refractivity contribution >= 4 is 27.3 Å². The highest BCUT2D eigenvalue weighted by molar-refractivity contribution is 9.10. The smallest absolute Gasteiger partial charge is 0.0741 e. The lowest BCUT2D eigenvalue weighted by molar-refractivity contribution is 0.137. The fourth-order valence-electron chi connectivity index (χ4n) is 1.85. The monoisotopic (exact) mass is 275 g/mol. The maximum Gasteiger partial charge on any atom is 0.0741 e. The minimum Gasteiger partial charge on any atom is -0.391 e. The van der Waals surface area contributed by atoms with E-state index in [1.165, 1.54) is 11.3 Å². The SMILES string of the molecule is OC(Cc1cc(Br)cs1)[C@H]1CCCN1. The molecule has 1 saturated heterocycles. The summed E-state index contributed by atoms with van der Waals surface area (Å²) in [5.41, 5.74) is 0. The molecule has 0 aromatic carbocycles. The Bertz CT molecular complexity index is 296. The van der Waals surface area contributed by atoms with Crippen molar-refractivity contribution in [1.82, 2.24) is 5.32 Å². The highest BCUT2D eigenvalue weighted by Crippen LogP contribution is 2.22. The number of halogens is 1. The largest absolute Gasteiger partial charge is 0.391 e. The van der Waals surface area contributed by atoms with E-state index in [0.717, 1.165) is 23.9 Å². The lowest BCUT2D eigenvalue weighted by Crippen LogP contribution is -2.35. The highest BCUT2D eigenvalue weighted by Gasteiger charge is 2.22. The molecule has 0 aliphatic carbocycles. The van der Waals surface area contributed by atoms with Crippen molar-refractivity contribution in [2.75, 3.05) is 6.54 Å². The zero-order chi connectivity index (χ0) is 9.97. The van der Waals surface area contributed by atoms with Crippen molar-refractivity contribution in [2.24, 2.45) is 0 Å². The van der Waals surface area contributed by atoms with Crippen molar-refractivity contribution in [3.8, 4) is 0 Å². The Balaban J connectivity index is 1.90. The zero-order valence-corrected chi connectivity index (χ0v) is 10.3. The van der Waals surface area contributed by atoms with Gasteiger partial charge < -0.3 is 10.4 Å². The Kier molecular flexibility index (Phi) is 3.60. The molecule has 0 radical (unpaired) electrons. The summed E-state index contributed by atoms with van der Waals surface area (Å²) < 4.78 is 1.11. The summed E-state index contributed by atoms with van der Waals surface area (Å²) in [5, 5.41) is 15.3. The Hall–Kier alpha value is 0.1000. The van der Waals surface area contributed by atoms with Crippen LogP contribution < -0.4 is 5.32 Å². The number of hydrogen-bond donors (Lipinski definition) is 2. The van der Waals surface area contributed by atoms with Crippen molar-refractivity contribution in [1.29, 1.82) is 0 Å². The molecule has 0 bridgehead atoms. The average molecular weight is 276 g/mol. The molecule has 2 N–H and O–H groups in total. The molecule has 1 aromatic heterocycles. The van der Waals surface area contributed by atoms with Crippen LogP contribution in [0.3, 0.4) is 0 Å². The molecule has 2 heterocycles. The lowest BCUT2D eigenvalue weighted by Gasteiger charge is -2.17. The van der Waals surface area contributed by atoms with E-state index in [9.17, 15) is 5.11 Å². The van der Waals surface area contributed by atoms with Crippen LogP contribution in [0.25, 0.3) is 0 Å². The first-order valence-electron chi connectivity index (χ1n) is 4.90. The molecule has 1 fully saturated rings. The molecular weight excluding hydrogens is 262 g/mol. The fourth-order valence-corrected chi connectivity index (χ4v) is 3.35. The van der Waals surface area contributed by atoms with Gasteiger partial charge in [-0.1, -0.05) is 0 Å². The van der Waals surface area contributed by atoms with E-state index in [4.69, 9.17) is 0 Å². The molecule has 2 rings (SSSR count). The standard InChI is InChI=1S/C10H14BrNOS/c11-7-4-8(14-6-7)5-10(13)9-2-1-3-12-9/h4,6,9-10,12-13H,1-3,5H2/t9-,10?/m1/s1. The van der Waals surface area contributed by atoms with E-state index in [1.54, 1.807) is 11.3 Å². The quantitative estimate of drug-likeness (QED) is 0.886. The van der Waals surface area contributed by atoms with Crippen LogP contribution >= 0.6 is 27.3 Å². The molecule has 0 amide bonds. The van der Waals surface area contributed by atoms with Crippen molar-refractivity contribution < 1.29 is 5.11 Å². The molecule has 1 unspecified atom stereocenters. The van der Waals surface area contributed by atoms with Gasteiger partial charge in [0.2, 0.25) is 0 Å². The molecule has 2 atom stereocenters. The van der Waals surface area contributed by atoms with Gasteiger partial charge in [-0.15, -0.1) is 11.3 Å². The first-order valence-corrected chi connectivity index (χ1v) is 6.57. The van der Waals surface area contributed by atoms with Crippen molar-refractivity contribution in [3.05, 3.63) is 20.8 Å². The predicted octanol–water partition coefficient (Wildman–Crippen LogP) is 2.17. The summed E-state index contributed by atoms with van der Waals surface area (Å²) >= 11 is 5.12. The van der Waals surface area contributed by atoms with Crippen LogP contribution in [0.2, 0.25) is 0 Å². The van der Waals surface area contributed by atoms with E-state index in [0.29, 0.717) is 6.04 Å². The number of hydrogen-bond acceptors (Lipinski definition) is 3. The van der Waals surface area contributed by atoms with Crippen LogP contribution in [-0.2, 0) is 6.42 Å². The number of aliphatic hydroxyl groups excluding tert-OH is 1. The highest BCUT2D eigenvalue weighted by atomic mass is 79.9. The van der Waals surface area contributed by atoms with Gasteiger partial charge in [0.1, 0.15) is 0 Å². The summed E-state index contributed by atoms with van der Waals surface area (Å²) in [7, 11) is 0. The molecule has 4 heteroatoms. The Morgan fingerprint density at radius 3 is 3.14 bits per heavy atom. The second kappa shape index (κ2) is 4.75. The summed E-state index contributed by atoms with van der Waals surface area (Å²) in [6, 6.07) is 2.39. The molecule has 2 nitrogen and oxygen atoms in total. The maximum absolute atomic E-state index is 9.94. The third kappa shape index (κ3) is 2.57. The molecule has 1 aromatic rings. The second-order valence-electron chi connectivity index (χ2n) is 3.71. The van der Waals surface area contributed by atoms with Crippen LogP contribution in [0.1, 0.15) is 17.7 Å². The third-order valence-electron chi connectivity index (χ3n) is 2.59. The second-order valence-corrected chi connectivity index (χ2v) is 5.62. The molecule has 0 saturated carbocycles. The minimum atomic E-state index is -0.233. The Labute approximate surface area is 96.5 Å². The molecule has 1 aliphatic rings. The predicted molar refractivity (Wildman–Crippen MR) is 62.8 cm³/mol. The summed E-state index contributed by atoms with van der Waals surface area (Å²) in [4.78, 5) is 1.25. The minimum absolute atomic E-state index is 0.233. The van der Waals surface area contributed by atoms with Gasteiger partial charge in [-0.3, -0.25) is 0 Å². The first-order chi connectivity index (χ1) is 6.75. The van der Waals surface area contributed by atoms with Crippen LogP contribution in [0.5, 0.6) is 0 Å². The summed E-state index contributed by atoms with van der Waals surface area (Å²) in [6.45, 7) is 1.05. The van der Waals surface area contributed by atoms with E-state index < -0.39 is 0 Å². The van der Waals surface area contributed by atoms with Gasteiger partial charge in [-0.25, -0.2) is 0 Å². The first kappa shape index (κ1) is 10.6. The summed E-state index contributed by atoms with van der Waals surface area (Å²) in [6.07, 6.45) is 2.83. The van der Waals surface area contributed by atoms with Gasteiger partial charge in [0.25, 0.3) is 0 Å². The van der Waals surface area contributed by atoms with Gasteiger partial charge in [-0.2, -0.15) is 0 Å². The van der Waals surface area contributed by atoms with E-state index in [2.05, 4.69) is 32.7 Å². The van der Waals surface area contributed by atoms with Crippen LogP contribution in [0, 0.1) is 0 Å². The van der Waals surface area contributed by atoms with Crippen LogP contribution in [-0.4, -0.2) is 23.8 Å². The van der Waals surface area contributed by atoms with E-state index in [-0.39, 0.29) is 6.10 Å². The van der Waals surface area contributed by atoms with Crippen molar-refractivity contribution in [3.63, 3.8) is 0 Å². The van der Waals surface area contributed by atoms with Gasteiger partial charge in [0.05, 0.1) is 6.10 Å². The molecule has 0 spiro atoms. The van der Waals surface area contributed by atoms with Gasteiger partial charge >= 0.3 is 0 Å². The number of aliphatic hydroxyl groups is 1. The fraction of sp³-hybridized carbons (Fsp3) is 0.600. The lowest BCUT2D eigenvalue weighted by atomic mass is 10.1. The van der Waals surface area contributed by atoms with Crippen molar-refractivity contribution in [2.45, 2.75) is 31.4 Å².